The van der Waals surface area contributed by atoms with Gasteiger partial charge >= 0.3 is 0 Å². The molecule has 6 heteroatoms. The normalized spacial score (nSPS) is 19.7. The summed E-state index contributed by atoms with van der Waals surface area (Å²) < 4.78 is 0. The van der Waals surface area contributed by atoms with Crippen LogP contribution in [0.5, 0.6) is 0 Å². The number of nitrogens with zero attached hydrogens (tertiary/aromatic N) is 1. The molecule has 0 aromatic heterocycles. The summed E-state index contributed by atoms with van der Waals surface area (Å²) in [6, 6.07) is 5.85. The Morgan fingerprint density at radius 1 is 1.36 bits per heavy atom. The van der Waals surface area contributed by atoms with Crippen molar-refractivity contribution in [3.8, 4) is 0 Å². The van der Waals surface area contributed by atoms with Crippen LogP contribution in [-0.2, 0) is 11.2 Å². The molecule has 120 valence electrons. The summed E-state index contributed by atoms with van der Waals surface area (Å²) in [6.45, 7) is 2.20. The lowest BCUT2D eigenvalue weighted by Gasteiger charge is -2.32. The van der Waals surface area contributed by atoms with Crippen LogP contribution in [0.25, 0.3) is 0 Å². The lowest BCUT2D eigenvalue weighted by atomic mass is 9.96. The van der Waals surface area contributed by atoms with E-state index in [2.05, 4.69) is 10.6 Å². The SMILES string of the molecule is CNC(=O)C1CCCN(C(=O)c2ccc3c(c2)CCN3)C1.Cl. The molecule has 2 N–H and O–H groups in total. The summed E-state index contributed by atoms with van der Waals surface area (Å²) in [5, 5.41) is 5.98. The molecule has 1 aromatic rings. The molecule has 2 aliphatic rings. The van der Waals surface area contributed by atoms with Crippen LogP contribution in [0.1, 0.15) is 28.8 Å². The molecule has 1 atom stereocenters. The quantitative estimate of drug-likeness (QED) is 0.870. The van der Waals surface area contributed by atoms with Crippen molar-refractivity contribution in [2.75, 3.05) is 32.0 Å². The van der Waals surface area contributed by atoms with Crippen molar-refractivity contribution >= 4 is 29.9 Å². The monoisotopic (exact) mass is 323 g/mol. The third-order valence-corrected chi connectivity index (χ3v) is 4.39. The van der Waals surface area contributed by atoms with E-state index in [-0.39, 0.29) is 30.1 Å². The van der Waals surface area contributed by atoms with Crippen molar-refractivity contribution in [1.82, 2.24) is 10.2 Å². The topological polar surface area (TPSA) is 61.4 Å². The number of carbonyl (C=O) groups excluding carboxylic acids is 2. The van der Waals surface area contributed by atoms with Gasteiger partial charge in [0.05, 0.1) is 5.92 Å². The predicted octanol–water partition coefficient (Wildman–Crippen LogP) is 1.67. The largest absolute Gasteiger partial charge is 0.384 e. The highest BCUT2D eigenvalue weighted by Gasteiger charge is 2.28. The zero-order valence-corrected chi connectivity index (χ0v) is 13.5. The van der Waals surface area contributed by atoms with Gasteiger partial charge in [0.2, 0.25) is 5.91 Å². The molecule has 1 unspecified atom stereocenters. The molecule has 2 heterocycles. The van der Waals surface area contributed by atoms with E-state index in [1.807, 2.05) is 23.1 Å². The maximum Gasteiger partial charge on any atom is 0.253 e. The van der Waals surface area contributed by atoms with Crippen molar-refractivity contribution in [3.05, 3.63) is 29.3 Å². The molecule has 0 spiro atoms. The van der Waals surface area contributed by atoms with Gasteiger partial charge in [-0.25, -0.2) is 0 Å². The number of piperidine rings is 1. The highest BCUT2D eigenvalue weighted by atomic mass is 35.5. The zero-order valence-electron chi connectivity index (χ0n) is 12.7. The fourth-order valence-electron chi connectivity index (χ4n) is 3.20. The second-order valence-corrected chi connectivity index (χ2v) is 5.75. The Morgan fingerprint density at radius 3 is 2.95 bits per heavy atom. The minimum atomic E-state index is -0.0798. The maximum absolute atomic E-state index is 12.6. The van der Waals surface area contributed by atoms with Gasteiger partial charge in [-0.15, -0.1) is 12.4 Å². The van der Waals surface area contributed by atoms with Crippen molar-refractivity contribution < 1.29 is 9.59 Å². The highest BCUT2D eigenvalue weighted by molar-refractivity contribution is 5.95. The van der Waals surface area contributed by atoms with E-state index < -0.39 is 0 Å². The third-order valence-electron chi connectivity index (χ3n) is 4.39. The number of carbonyl (C=O) groups is 2. The van der Waals surface area contributed by atoms with Gasteiger partial charge in [0.1, 0.15) is 0 Å². The molecule has 3 rings (SSSR count). The van der Waals surface area contributed by atoms with Gasteiger partial charge in [0.15, 0.2) is 0 Å². The number of nitrogens with one attached hydrogen (secondary N) is 2. The van der Waals surface area contributed by atoms with Crippen LogP contribution in [0, 0.1) is 5.92 Å². The molecule has 0 aliphatic carbocycles. The standard InChI is InChI=1S/C16H21N3O2.ClH/c1-17-15(20)13-3-2-8-19(10-13)16(21)12-4-5-14-11(9-12)6-7-18-14;/h4-5,9,13,18H,2-3,6-8,10H2,1H3,(H,17,20);1H. The first-order valence-electron chi connectivity index (χ1n) is 7.56. The van der Waals surface area contributed by atoms with E-state index >= 15 is 0 Å². The smallest absolute Gasteiger partial charge is 0.253 e. The van der Waals surface area contributed by atoms with Gasteiger partial charge < -0.3 is 15.5 Å². The molecule has 1 aromatic carbocycles. The van der Waals surface area contributed by atoms with Crippen molar-refractivity contribution in [1.29, 1.82) is 0 Å². The number of rotatable bonds is 2. The third kappa shape index (κ3) is 3.19. The average Bonchev–Trinajstić information content (AvgIpc) is 3.01. The molecular formula is C16H22ClN3O2. The van der Waals surface area contributed by atoms with Crippen LogP contribution in [-0.4, -0.2) is 43.4 Å². The maximum atomic E-state index is 12.6. The fraction of sp³-hybridized carbons (Fsp3) is 0.500. The number of benzene rings is 1. The second-order valence-electron chi connectivity index (χ2n) is 5.75. The molecular weight excluding hydrogens is 302 g/mol. The fourth-order valence-corrected chi connectivity index (χ4v) is 3.20. The van der Waals surface area contributed by atoms with E-state index in [0.717, 1.165) is 43.6 Å². The van der Waals surface area contributed by atoms with Crippen LogP contribution in [0.4, 0.5) is 5.69 Å². The Kier molecular flexibility index (Phi) is 5.29. The summed E-state index contributed by atoms with van der Waals surface area (Å²) in [4.78, 5) is 26.2. The second kappa shape index (κ2) is 7.01. The van der Waals surface area contributed by atoms with Gasteiger partial charge in [-0.3, -0.25) is 9.59 Å². The first-order chi connectivity index (χ1) is 10.2. The van der Waals surface area contributed by atoms with Gasteiger partial charge in [-0.2, -0.15) is 0 Å². The highest BCUT2D eigenvalue weighted by Crippen LogP contribution is 2.25. The first-order valence-corrected chi connectivity index (χ1v) is 7.56. The minimum Gasteiger partial charge on any atom is -0.384 e. The Morgan fingerprint density at radius 2 is 2.18 bits per heavy atom. The number of fused-ring (bicyclic) bond motifs is 1. The first kappa shape index (κ1) is 16.6. The molecule has 0 bridgehead atoms. The van der Waals surface area contributed by atoms with Crippen LogP contribution >= 0.6 is 12.4 Å². The number of hydrogen-bond acceptors (Lipinski definition) is 3. The van der Waals surface area contributed by atoms with E-state index in [0.29, 0.717) is 6.54 Å². The van der Waals surface area contributed by atoms with Crippen LogP contribution in [0.2, 0.25) is 0 Å². The van der Waals surface area contributed by atoms with Crippen molar-refractivity contribution in [3.63, 3.8) is 0 Å². The number of anilines is 1. The van der Waals surface area contributed by atoms with Gasteiger partial charge in [0.25, 0.3) is 5.91 Å². The van der Waals surface area contributed by atoms with E-state index in [1.54, 1.807) is 7.05 Å². The van der Waals surface area contributed by atoms with Crippen LogP contribution < -0.4 is 10.6 Å². The summed E-state index contributed by atoms with van der Waals surface area (Å²) in [5.74, 6) is -0.00671. The molecule has 22 heavy (non-hydrogen) atoms. The Hall–Kier alpha value is -1.75. The minimum absolute atomic E-state index is 0. The average molecular weight is 324 g/mol. The molecule has 0 radical (unpaired) electrons. The molecule has 1 fully saturated rings. The summed E-state index contributed by atoms with van der Waals surface area (Å²) in [5.41, 5.74) is 3.07. The summed E-state index contributed by atoms with van der Waals surface area (Å²) in [7, 11) is 1.65. The zero-order chi connectivity index (χ0) is 14.8. The number of amides is 2. The Labute approximate surface area is 136 Å². The van der Waals surface area contributed by atoms with Crippen molar-refractivity contribution in [2.45, 2.75) is 19.3 Å². The van der Waals surface area contributed by atoms with E-state index in [9.17, 15) is 9.59 Å². The summed E-state index contributed by atoms with van der Waals surface area (Å²) >= 11 is 0. The van der Waals surface area contributed by atoms with Gasteiger partial charge in [0, 0.05) is 37.9 Å². The molecule has 2 aliphatic heterocycles. The number of likely N-dealkylation sites (tertiary alicyclic amines) is 1. The van der Waals surface area contributed by atoms with Crippen LogP contribution in [0.3, 0.4) is 0 Å². The summed E-state index contributed by atoms with van der Waals surface area (Å²) in [6.07, 6.45) is 2.71. The van der Waals surface area contributed by atoms with Gasteiger partial charge in [-0.05, 0) is 43.0 Å². The molecule has 0 saturated carbocycles. The lowest BCUT2D eigenvalue weighted by molar-refractivity contribution is -0.125. The van der Waals surface area contributed by atoms with Crippen LogP contribution in [0.15, 0.2) is 18.2 Å². The number of halogens is 1. The predicted molar refractivity (Wildman–Crippen MR) is 88.6 cm³/mol. The lowest BCUT2D eigenvalue weighted by Crippen LogP contribution is -2.44. The number of hydrogen-bond donors (Lipinski definition) is 2. The Bertz CT molecular complexity index is 577. The Balaban J connectivity index is 0.00000176. The molecule has 2 amide bonds. The van der Waals surface area contributed by atoms with E-state index in [1.165, 1.54) is 5.56 Å². The van der Waals surface area contributed by atoms with E-state index in [4.69, 9.17) is 0 Å². The van der Waals surface area contributed by atoms with Crippen molar-refractivity contribution in [2.24, 2.45) is 5.92 Å². The molecule has 5 nitrogen and oxygen atoms in total. The van der Waals surface area contributed by atoms with Gasteiger partial charge in [-0.1, -0.05) is 0 Å². The molecule has 1 saturated heterocycles.